The predicted octanol–water partition coefficient (Wildman–Crippen LogP) is 1.30. The van der Waals surface area contributed by atoms with E-state index >= 15 is 0 Å². The lowest BCUT2D eigenvalue weighted by Crippen LogP contribution is -2.39. The molecule has 1 rings (SSSR count). The molecular formula is C14H23N3O3S. The monoisotopic (exact) mass is 313 g/mol. The van der Waals surface area contributed by atoms with Crippen LogP contribution in [0.25, 0.3) is 0 Å². The van der Waals surface area contributed by atoms with Gasteiger partial charge in [0.2, 0.25) is 15.9 Å². The smallest absolute Gasteiger partial charge is 0.240 e. The number of carbonyl (C=O) groups excluding carboxylic acids is 1. The van der Waals surface area contributed by atoms with Crippen LogP contribution in [0.4, 0.5) is 5.69 Å². The minimum atomic E-state index is -3.51. The average Bonchev–Trinajstić information content (AvgIpc) is 2.34. The van der Waals surface area contributed by atoms with Crippen molar-refractivity contribution in [1.82, 2.24) is 4.72 Å². The second kappa shape index (κ2) is 6.91. The molecular weight excluding hydrogens is 290 g/mol. The van der Waals surface area contributed by atoms with Crippen molar-refractivity contribution in [3.63, 3.8) is 0 Å². The molecule has 21 heavy (non-hydrogen) atoms. The lowest BCUT2D eigenvalue weighted by Gasteiger charge is -2.20. The molecule has 118 valence electrons. The molecule has 0 saturated carbocycles. The Hall–Kier alpha value is -1.60. The van der Waals surface area contributed by atoms with Gasteiger partial charge < -0.3 is 11.1 Å². The molecule has 0 aliphatic rings. The van der Waals surface area contributed by atoms with E-state index in [0.717, 1.165) is 0 Å². The molecule has 1 unspecified atom stereocenters. The second-order valence-corrected chi connectivity index (χ2v) is 7.28. The maximum absolute atomic E-state index is 12.0. The third-order valence-corrected chi connectivity index (χ3v) is 4.53. The van der Waals surface area contributed by atoms with Crippen LogP contribution in [-0.2, 0) is 14.8 Å². The van der Waals surface area contributed by atoms with E-state index in [9.17, 15) is 13.2 Å². The summed E-state index contributed by atoms with van der Waals surface area (Å²) in [5.74, 6) is -0.406. The maximum atomic E-state index is 12.0. The molecule has 4 N–H and O–H groups in total. The zero-order valence-corrected chi connectivity index (χ0v) is 13.6. The summed E-state index contributed by atoms with van der Waals surface area (Å²) in [6, 6.07) is 5.55. The fourth-order valence-corrected chi connectivity index (χ4v) is 3.11. The molecule has 0 fully saturated rings. The van der Waals surface area contributed by atoms with Gasteiger partial charge in [0, 0.05) is 11.7 Å². The lowest BCUT2D eigenvalue weighted by molar-refractivity contribution is -0.119. The first-order valence-electron chi connectivity index (χ1n) is 6.81. The number of primary amides is 1. The van der Waals surface area contributed by atoms with Crippen molar-refractivity contribution in [2.45, 2.75) is 44.7 Å². The molecule has 6 nitrogen and oxygen atoms in total. The number of carbonyl (C=O) groups is 1. The largest absolute Gasteiger partial charge is 0.373 e. The number of amides is 1. The van der Waals surface area contributed by atoms with E-state index in [1.807, 2.05) is 13.8 Å². The topological polar surface area (TPSA) is 101 Å². The summed E-state index contributed by atoms with van der Waals surface area (Å²) >= 11 is 0. The van der Waals surface area contributed by atoms with Crippen molar-refractivity contribution in [2.75, 3.05) is 5.32 Å². The summed E-state index contributed by atoms with van der Waals surface area (Å²) in [5, 5.41) is 3.01. The fraction of sp³-hybridized carbons (Fsp3) is 0.500. The summed E-state index contributed by atoms with van der Waals surface area (Å²) in [6.07, 6.45) is 0. The van der Waals surface area contributed by atoms with Crippen molar-refractivity contribution in [3.8, 4) is 0 Å². The molecule has 0 heterocycles. The standard InChI is InChI=1S/C14H23N3O3S/c1-9(2)13(14(15)18)16-11-5-7-12(8-6-11)21(19,20)17-10(3)4/h5-10,13,16-17H,1-4H3,(H2,15,18). The highest BCUT2D eigenvalue weighted by Crippen LogP contribution is 2.17. The van der Waals surface area contributed by atoms with E-state index in [4.69, 9.17) is 5.73 Å². The molecule has 7 heteroatoms. The molecule has 1 aromatic carbocycles. The quantitative estimate of drug-likeness (QED) is 0.706. The van der Waals surface area contributed by atoms with Gasteiger partial charge in [-0.2, -0.15) is 0 Å². The highest BCUT2D eigenvalue weighted by molar-refractivity contribution is 7.89. The number of hydrogen-bond donors (Lipinski definition) is 3. The summed E-state index contributed by atoms with van der Waals surface area (Å²) in [5.41, 5.74) is 5.98. The zero-order chi connectivity index (χ0) is 16.2. The fourth-order valence-electron chi connectivity index (χ4n) is 1.85. The van der Waals surface area contributed by atoms with E-state index in [-0.39, 0.29) is 16.9 Å². The third-order valence-electron chi connectivity index (χ3n) is 2.85. The van der Waals surface area contributed by atoms with E-state index in [1.165, 1.54) is 12.1 Å². The molecule has 0 spiro atoms. The minimum Gasteiger partial charge on any atom is -0.373 e. The van der Waals surface area contributed by atoms with E-state index in [1.54, 1.807) is 26.0 Å². The van der Waals surface area contributed by atoms with Crippen molar-refractivity contribution >= 4 is 21.6 Å². The van der Waals surface area contributed by atoms with Crippen molar-refractivity contribution in [2.24, 2.45) is 11.7 Å². The Kier molecular flexibility index (Phi) is 5.74. The molecule has 0 radical (unpaired) electrons. The molecule has 0 aromatic heterocycles. The number of hydrogen-bond acceptors (Lipinski definition) is 4. The Morgan fingerprint density at radius 3 is 2.00 bits per heavy atom. The maximum Gasteiger partial charge on any atom is 0.240 e. The van der Waals surface area contributed by atoms with Gasteiger partial charge in [-0.1, -0.05) is 13.8 Å². The molecule has 1 aromatic rings. The van der Waals surface area contributed by atoms with Crippen molar-refractivity contribution in [1.29, 1.82) is 0 Å². The lowest BCUT2D eigenvalue weighted by atomic mass is 10.0. The van der Waals surface area contributed by atoms with Gasteiger partial charge in [-0.25, -0.2) is 13.1 Å². The summed E-state index contributed by atoms with van der Waals surface area (Å²) in [6.45, 7) is 7.28. The average molecular weight is 313 g/mol. The highest BCUT2D eigenvalue weighted by atomic mass is 32.2. The summed E-state index contributed by atoms with van der Waals surface area (Å²) < 4.78 is 26.5. The van der Waals surface area contributed by atoms with Crippen LogP contribution in [0.15, 0.2) is 29.2 Å². The number of anilines is 1. The third kappa shape index (κ3) is 5.02. The van der Waals surface area contributed by atoms with Gasteiger partial charge in [0.25, 0.3) is 0 Å². The van der Waals surface area contributed by atoms with Crippen LogP contribution in [0, 0.1) is 5.92 Å². The van der Waals surface area contributed by atoms with Gasteiger partial charge in [0.15, 0.2) is 0 Å². The Bertz CT molecular complexity index is 580. The normalized spacial score (nSPS) is 13.4. The van der Waals surface area contributed by atoms with E-state index in [2.05, 4.69) is 10.0 Å². The molecule has 1 atom stereocenters. The Morgan fingerprint density at radius 2 is 1.62 bits per heavy atom. The number of benzene rings is 1. The summed E-state index contributed by atoms with van der Waals surface area (Å²) in [7, 11) is -3.51. The van der Waals surface area contributed by atoms with Gasteiger partial charge >= 0.3 is 0 Å². The van der Waals surface area contributed by atoms with Gasteiger partial charge in [0.05, 0.1) is 4.90 Å². The molecule has 1 amide bonds. The first kappa shape index (κ1) is 17.5. The van der Waals surface area contributed by atoms with Crippen molar-refractivity contribution < 1.29 is 13.2 Å². The van der Waals surface area contributed by atoms with Crippen LogP contribution in [0.1, 0.15) is 27.7 Å². The predicted molar refractivity (Wildman–Crippen MR) is 83.3 cm³/mol. The molecule has 0 aliphatic carbocycles. The molecule has 0 bridgehead atoms. The van der Waals surface area contributed by atoms with Gasteiger partial charge in [-0.15, -0.1) is 0 Å². The van der Waals surface area contributed by atoms with Gasteiger partial charge in [0.1, 0.15) is 6.04 Å². The second-order valence-electron chi connectivity index (χ2n) is 5.57. The Morgan fingerprint density at radius 1 is 1.10 bits per heavy atom. The van der Waals surface area contributed by atoms with E-state index in [0.29, 0.717) is 5.69 Å². The highest BCUT2D eigenvalue weighted by Gasteiger charge is 2.20. The number of rotatable bonds is 7. The summed E-state index contributed by atoms with van der Waals surface area (Å²) in [4.78, 5) is 11.5. The van der Waals surface area contributed by atoms with Crippen molar-refractivity contribution in [3.05, 3.63) is 24.3 Å². The van der Waals surface area contributed by atoms with Crippen LogP contribution >= 0.6 is 0 Å². The van der Waals surface area contributed by atoms with Gasteiger partial charge in [-0.05, 0) is 44.0 Å². The van der Waals surface area contributed by atoms with Crippen LogP contribution in [0.2, 0.25) is 0 Å². The first-order valence-corrected chi connectivity index (χ1v) is 8.30. The van der Waals surface area contributed by atoms with Crippen LogP contribution in [-0.4, -0.2) is 26.4 Å². The Balaban J connectivity index is 2.90. The van der Waals surface area contributed by atoms with Gasteiger partial charge in [-0.3, -0.25) is 4.79 Å². The van der Waals surface area contributed by atoms with E-state index < -0.39 is 22.0 Å². The minimum absolute atomic E-state index is 0.0357. The zero-order valence-electron chi connectivity index (χ0n) is 12.8. The number of nitrogens with two attached hydrogens (primary N) is 1. The SMILES string of the molecule is CC(C)NS(=O)(=O)c1ccc(NC(C(N)=O)C(C)C)cc1. The van der Waals surface area contributed by atoms with Crippen LogP contribution in [0.3, 0.4) is 0 Å². The first-order chi connectivity index (χ1) is 9.63. The van der Waals surface area contributed by atoms with Crippen LogP contribution in [0.5, 0.6) is 0 Å². The van der Waals surface area contributed by atoms with Crippen LogP contribution < -0.4 is 15.8 Å². The molecule has 0 saturated heterocycles. The Labute approximate surface area is 126 Å². The number of sulfonamides is 1. The number of nitrogens with one attached hydrogen (secondary N) is 2. The molecule has 0 aliphatic heterocycles.